The number of aliphatic hydroxyl groups excluding tert-OH is 1. The normalized spacial score (nSPS) is 16.0. The maximum atomic E-state index is 9.67. The van der Waals surface area contributed by atoms with Crippen molar-refractivity contribution in [3.8, 4) is 5.69 Å². The summed E-state index contributed by atoms with van der Waals surface area (Å²) in [5.41, 5.74) is 5.66. The molecular weight excluding hydrogens is 436 g/mol. The second-order valence-electron chi connectivity index (χ2n) is 9.47. The number of anilines is 1. The molecule has 2 aromatic heterocycles. The molecule has 1 fully saturated rings. The Morgan fingerprint density at radius 2 is 1.74 bits per heavy atom. The van der Waals surface area contributed by atoms with Crippen molar-refractivity contribution in [1.29, 1.82) is 0 Å². The molecule has 7 nitrogen and oxygen atoms in total. The monoisotopic (exact) mass is 470 g/mol. The van der Waals surface area contributed by atoms with Crippen LogP contribution in [0.5, 0.6) is 0 Å². The third-order valence-corrected chi connectivity index (χ3v) is 6.94. The number of aromatic nitrogens is 3. The summed E-state index contributed by atoms with van der Waals surface area (Å²) < 4.78 is 2.17. The van der Waals surface area contributed by atoms with Gasteiger partial charge in [-0.3, -0.25) is 4.90 Å². The summed E-state index contributed by atoms with van der Waals surface area (Å²) in [5, 5.41) is 14.2. The first-order chi connectivity index (χ1) is 17.1. The van der Waals surface area contributed by atoms with Gasteiger partial charge in [0.2, 0.25) is 0 Å². The molecule has 2 aromatic carbocycles. The first kappa shape index (κ1) is 23.5. The third-order valence-electron chi connectivity index (χ3n) is 6.94. The van der Waals surface area contributed by atoms with Crippen LogP contribution in [0, 0.1) is 0 Å². The van der Waals surface area contributed by atoms with E-state index in [1.54, 1.807) is 6.33 Å². The molecule has 1 saturated heterocycles. The molecule has 4 aromatic rings. The number of likely N-dealkylation sites (N-methyl/N-ethyl adjacent to an activating group) is 1. The van der Waals surface area contributed by atoms with Gasteiger partial charge >= 0.3 is 0 Å². The molecule has 0 amide bonds. The Morgan fingerprint density at radius 3 is 2.51 bits per heavy atom. The Kier molecular flexibility index (Phi) is 7.08. The Bertz CT molecular complexity index is 1260. The van der Waals surface area contributed by atoms with Crippen LogP contribution in [-0.4, -0.2) is 69.3 Å². The van der Waals surface area contributed by atoms with Gasteiger partial charge in [-0.2, -0.15) is 0 Å². The van der Waals surface area contributed by atoms with E-state index in [0.717, 1.165) is 55.1 Å². The zero-order valence-electron chi connectivity index (χ0n) is 20.6. The van der Waals surface area contributed by atoms with Gasteiger partial charge in [-0.15, -0.1) is 0 Å². The van der Waals surface area contributed by atoms with Crippen molar-refractivity contribution in [2.24, 2.45) is 0 Å². The van der Waals surface area contributed by atoms with Crippen molar-refractivity contribution < 1.29 is 5.11 Å². The predicted molar refractivity (Wildman–Crippen MR) is 141 cm³/mol. The van der Waals surface area contributed by atoms with Gasteiger partial charge in [-0.1, -0.05) is 30.3 Å². The topological polar surface area (TPSA) is 69.4 Å². The van der Waals surface area contributed by atoms with Gasteiger partial charge in [-0.25, -0.2) is 9.97 Å². The van der Waals surface area contributed by atoms with Gasteiger partial charge in [0, 0.05) is 68.8 Å². The Morgan fingerprint density at radius 1 is 0.971 bits per heavy atom. The molecular formula is C28H34N6O. The van der Waals surface area contributed by atoms with Crippen molar-refractivity contribution in [1.82, 2.24) is 24.3 Å². The standard InChI is InChI=1S/C28H34N6O/c1-21(22-6-4-3-5-7-22)31-28-26-16-25(8-9-27(26)29-20-30-28)34-18-23(10-15-35)24(19-34)17-33-13-11-32(2)12-14-33/h3-9,16,18-21,35H,10-15,17H2,1-2H3,(H,29,30,31). The van der Waals surface area contributed by atoms with Crippen molar-refractivity contribution in [2.45, 2.75) is 25.9 Å². The quantitative estimate of drug-likeness (QED) is 0.407. The molecule has 7 heteroatoms. The van der Waals surface area contributed by atoms with E-state index in [0.29, 0.717) is 6.42 Å². The number of nitrogens with zero attached hydrogens (tertiary/aromatic N) is 5. The average Bonchev–Trinajstić information content (AvgIpc) is 3.28. The molecule has 5 rings (SSSR count). The minimum absolute atomic E-state index is 0.121. The molecule has 182 valence electrons. The van der Waals surface area contributed by atoms with Gasteiger partial charge in [0.25, 0.3) is 0 Å². The summed E-state index contributed by atoms with van der Waals surface area (Å²) in [6.45, 7) is 7.54. The fourth-order valence-corrected chi connectivity index (χ4v) is 4.77. The fraction of sp³-hybridized carbons (Fsp3) is 0.357. The van der Waals surface area contributed by atoms with Crippen LogP contribution in [0.25, 0.3) is 16.6 Å². The average molecular weight is 471 g/mol. The van der Waals surface area contributed by atoms with E-state index < -0.39 is 0 Å². The third kappa shape index (κ3) is 5.37. The highest BCUT2D eigenvalue weighted by Gasteiger charge is 2.17. The van der Waals surface area contributed by atoms with E-state index in [2.05, 4.69) is 98.5 Å². The van der Waals surface area contributed by atoms with Crippen LogP contribution in [0.15, 0.2) is 67.3 Å². The van der Waals surface area contributed by atoms with E-state index in [4.69, 9.17) is 0 Å². The molecule has 1 atom stereocenters. The molecule has 1 aliphatic rings. The summed E-state index contributed by atoms with van der Waals surface area (Å²) in [6.07, 6.45) is 6.65. The molecule has 35 heavy (non-hydrogen) atoms. The fourth-order valence-electron chi connectivity index (χ4n) is 4.77. The SMILES string of the molecule is CC(Nc1ncnc2ccc(-n3cc(CCO)c(CN4CCN(C)CC4)c3)cc12)c1ccccc1. The lowest BCUT2D eigenvalue weighted by molar-refractivity contribution is 0.148. The first-order valence-corrected chi connectivity index (χ1v) is 12.4. The minimum Gasteiger partial charge on any atom is -0.396 e. The highest BCUT2D eigenvalue weighted by molar-refractivity contribution is 5.90. The second-order valence-corrected chi connectivity index (χ2v) is 9.47. The number of aliphatic hydroxyl groups is 1. The number of piperazine rings is 1. The van der Waals surface area contributed by atoms with Crippen LogP contribution < -0.4 is 5.32 Å². The van der Waals surface area contributed by atoms with Gasteiger partial charge in [-0.05, 0) is 55.3 Å². The van der Waals surface area contributed by atoms with E-state index in [9.17, 15) is 5.11 Å². The summed E-state index contributed by atoms with van der Waals surface area (Å²) >= 11 is 0. The number of benzene rings is 2. The lowest BCUT2D eigenvalue weighted by Gasteiger charge is -2.32. The number of hydrogen-bond donors (Lipinski definition) is 2. The zero-order valence-corrected chi connectivity index (χ0v) is 20.6. The summed E-state index contributed by atoms with van der Waals surface area (Å²) in [6, 6.07) is 16.8. The van der Waals surface area contributed by atoms with Crippen LogP contribution in [0.2, 0.25) is 0 Å². The van der Waals surface area contributed by atoms with Crippen molar-refractivity contribution in [3.05, 3.63) is 83.9 Å². The lowest BCUT2D eigenvalue weighted by atomic mass is 10.1. The summed E-state index contributed by atoms with van der Waals surface area (Å²) in [4.78, 5) is 13.9. The molecule has 1 aliphatic heterocycles. The largest absolute Gasteiger partial charge is 0.396 e. The molecule has 0 spiro atoms. The van der Waals surface area contributed by atoms with E-state index >= 15 is 0 Å². The van der Waals surface area contributed by atoms with Crippen LogP contribution in [0.1, 0.15) is 29.7 Å². The molecule has 0 radical (unpaired) electrons. The van der Waals surface area contributed by atoms with E-state index in [-0.39, 0.29) is 12.6 Å². The van der Waals surface area contributed by atoms with E-state index in [1.807, 2.05) is 6.07 Å². The molecule has 1 unspecified atom stereocenters. The molecule has 3 heterocycles. The van der Waals surface area contributed by atoms with Crippen LogP contribution in [-0.2, 0) is 13.0 Å². The Labute approximate surface area is 207 Å². The maximum Gasteiger partial charge on any atom is 0.137 e. The van der Waals surface area contributed by atoms with Gasteiger partial charge in [0.15, 0.2) is 0 Å². The first-order valence-electron chi connectivity index (χ1n) is 12.4. The Hall–Kier alpha value is -3.26. The maximum absolute atomic E-state index is 9.67. The number of hydrogen-bond acceptors (Lipinski definition) is 6. The Balaban J connectivity index is 1.44. The summed E-state index contributed by atoms with van der Waals surface area (Å²) in [5.74, 6) is 0.827. The molecule has 0 saturated carbocycles. The molecule has 0 bridgehead atoms. The van der Waals surface area contributed by atoms with Crippen LogP contribution >= 0.6 is 0 Å². The van der Waals surface area contributed by atoms with E-state index in [1.165, 1.54) is 16.7 Å². The minimum atomic E-state index is 0.121. The van der Waals surface area contributed by atoms with Crippen molar-refractivity contribution in [2.75, 3.05) is 45.2 Å². The highest BCUT2D eigenvalue weighted by atomic mass is 16.3. The van der Waals surface area contributed by atoms with Crippen LogP contribution in [0.3, 0.4) is 0 Å². The van der Waals surface area contributed by atoms with Crippen molar-refractivity contribution in [3.63, 3.8) is 0 Å². The smallest absolute Gasteiger partial charge is 0.137 e. The molecule has 2 N–H and O–H groups in total. The number of nitrogens with one attached hydrogen (secondary N) is 1. The lowest BCUT2D eigenvalue weighted by Crippen LogP contribution is -2.43. The van der Waals surface area contributed by atoms with Crippen LogP contribution in [0.4, 0.5) is 5.82 Å². The van der Waals surface area contributed by atoms with Crippen molar-refractivity contribution >= 4 is 16.7 Å². The van der Waals surface area contributed by atoms with Gasteiger partial charge in [0.1, 0.15) is 12.1 Å². The number of fused-ring (bicyclic) bond motifs is 1. The zero-order chi connectivity index (χ0) is 24.2. The molecule has 0 aliphatic carbocycles. The van der Waals surface area contributed by atoms with Gasteiger partial charge in [0.05, 0.1) is 5.52 Å². The predicted octanol–water partition coefficient (Wildman–Crippen LogP) is 3.88. The van der Waals surface area contributed by atoms with Gasteiger partial charge < -0.3 is 19.9 Å². The second kappa shape index (κ2) is 10.6. The number of rotatable bonds is 8. The highest BCUT2D eigenvalue weighted by Crippen LogP contribution is 2.27. The summed E-state index contributed by atoms with van der Waals surface area (Å²) in [7, 11) is 2.18.